The standard InChI is InChI=1S/C22H45NO.ClH/c1-3-4-5-6-7-8-9-10-11-12-13-14-15-16-17-21(2)22-20-23-18-19-24-22;/h21-23H,3-20H2,1-2H3;1H. The predicted molar refractivity (Wildman–Crippen MR) is 114 cm³/mol. The van der Waals surface area contributed by atoms with Crippen LogP contribution in [0.1, 0.15) is 110 Å². The van der Waals surface area contributed by atoms with Crippen molar-refractivity contribution in [1.29, 1.82) is 0 Å². The Kier molecular flexibility index (Phi) is 19.1. The first-order valence-corrected chi connectivity index (χ1v) is 11.2. The van der Waals surface area contributed by atoms with E-state index in [9.17, 15) is 0 Å². The highest BCUT2D eigenvalue weighted by molar-refractivity contribution is 5.85. The molecule has 1 aliphatic rings. The van der Waals surface area contributed by atoms with E-state index in [-0.39, 0.29) is 12.4 Å². The third-order valence-corrected chi connectivity index (χ3v) is 5.60. The van der Waals surface area contributed by atoms with Gasteiger partial charge < -0.3 is 10.1 Å². The minimum Gasteiger partial charge on any atom is -0.375 e. The molecule has 1 aliphatic heterocycles. The molecule has 0 amide bonds. The Balaban J connectivity index is 0.00000576. The van der Waals surface area contributed by atoms with Crippen LogP contribution in [-0.4, -0.2) is 25.8 Å². The van der Waals surface area contributed by atoms with Crippen LogP contribution in [0.4, 0.5) is 0 Å². The second-order valence-corrected chi connectivity index (χ2v) is 7.98. The SMILES string of the molecule is CCCCCCCCCCCCCCCCC(C)C1CNCCO1.Cl. The van der Waals surface area contributed by atoms with E-state index in [1.54, 1.807) is 0 Å². The smallest absolute Gasteiger partial charge is 0.0725 e. The second kappa shape index (κ2) is 19.0. The normalized spacial score (nSPS) is 18.7. The molecule has 1 heterocycles. The maximum atomic E-state index is 5.85. The molecular formula is C22H46ClNO. The minimum atomic E-state index is 0. The van der Waals surface area contributed by atoms with Crippen molar-refractivity contribution >= 4 is 12.4 Å². The van der Waals surface area contributed by atoms with Crippen molar-refractivity contribution in [3.63, 3.8) is 0 Å². The van der Waals surface area contributed by atoms with Gasteiger partial charge in [-0.25, -0.2) is 0 Å². The summed E-state index contributed by atoms with van der Waals surface area (Å²) in [6, 6.07) is 0. The van der Waals surface area contributed by atoms with Crippen LogP contribution in [-0.2, 0) is 4.74 Å². The van der Waals surface area contributed by atoms with Crippen LogP contribution in [0.3, 0.4) is 0 Å². The van der Waals surface area contributed by atoms with Crippen molar-refractivity contribution in [3.8, 4) is 0 Å². The first kappa shape index (κ1) is 25.2. The fourth-order valence-electron chi connectivity index (χ4n) is 3.80. The Morgan fingerprint density at radius 1 is 0.800 bits per heavy atom. The van der Waals surface area contributed by atoms with Gasteiger partial charge in [-0.2, -0.15) is 0 Å². The fourth-order valence-corrected chi connectivity index (χ4v) is 3.80. The monoisotopic (exact) mass is 375 g/mol. The quantitative estimate of drug-likeness (QED) is 0.296. The third-order valence-electron chi connectivity index (χ3n) is 5.60. The van der Waals surface area contributed by atoms with Crippen molar-refractivity contribution in [2.75, 3.05) is 19.7 Å². The van der Waals surface area contributed by atoms with Crippen molar-refractivity contribution in [3.05, 3.63) is 0 Å². The minimum absolute atomic E-state index is 0. The number of morpholine rings is 1. The average Bonchev–Trinajstić information content (AvgIpc) is 2.62. The predicted octanol–water partition coefficient (Wildman–Crippen LogP) is 6.90. The molecule has 0 spiro atoms. The number of ether oxygens (including phenoxy) is 1. The highest BCUT2D eigenvalue weighted by Gasteiger charge is 2.19. The number of hydrogen-bond donors (Lipinski definition) is 1. The third kappa shape index (κ3) is 15.0. The van der Waals surface area contributed by atoms with E-state index < -0.39 is 0 Å². The van der Waals surface area contributed by atoms with E-state index in [1.807, 2.05) is 0 Å². The maximum Gasteiger partial charge on any atom is 0.0725 e. The summed E-state index contributed by atoms with van der Waals surface area (Å²) in [4.78, 5) is 0. The zero-order valence-corrected chi connectivity index (χ0v) is 18.0. The first-order valence-electron chi connectivity index (χ1n) is 11.2. The van der Waals surface area contributed by atoms with E-state index in [4.69, 9.17) is 4.74 Å². The molecule has 2 atom stereocenters. The summed E-state index contributed by atoms with van der Waals surface area (Å²) in [6.45, 7) is 7.64. The summed E-state index contributed by atoms with van der Waals surface area (Å²) in [5, 5.41) is 3.44. The van der Waals surface area contributed by atoms with E-state index in [0.717, 1.165) is 25.6 Å². The van der Waals surface area contributed by atoms with Gasteiger partial charge >= 0.3 is 0 Å². The summed E-state index contributed by atoms with van der Waals surface area (Å²) >= 11 is 0. The Bertz CT molecular complexity index is 256. The molecule has 0 radical (unpaired) electrons. The van der Waals surface area contributed by atoms with E-state index in [2.05, 4.69) is 19.2 Å². The lowest BCUT2D eigenvalue weighted by Gasteiger charge is -2.28. The first-order chi connectivity index (χ1) is 11.8. The Labute approximate surface area is 164 Å². The van der Waals surface area contributed by atoms with Crippen LogP contribution >= 0.6 is 12.4 Å². The zero-order chi connectivity index (χ0) is 17.3. The van der Waals surface area contributed by atoms with Gasteiger partial charge in [-0.3, -0.25) is 0 Å². The summed E-state index contributed by atoms with van der Waals surface area (Å²) in [5.41, 5.74) is 0. The van der Waals surface area contributed by atoms with Crippen molar-refractivity contribution in [1.82, 2.24) is 5.32 Å². The molecule has 152 valence electrons. The van der Waals surface area contributed by atoms with Gasteiger partial charge in [0.25, 0.3) is 0 Å². The molecular weight excluding hydrogens is 330 g/mol. The van der Waals surface area contributed by atoms with Gasteiger partial charge in [0.2, 0.25) is 0 Å². The number of nitrogens with one attached hydrogen (secondary N) is 1. The summed E-state index contributed by atoms with van der Waals surface area (Å²) in [5.74, 6) is 0.718. The summed E-state index contributed by atoms with van der Waals surface area (Å²) in [7, 11) is 0. The molecule has 0 bridgehead atoms. The molecule has 0 aromatic carbocycles. The lowest BCUT2D eigenvalue weighted by Crippen LogP contribution is -2.41. The van der Waals surface area contributed by atoms with Crippen LogP contribution in [0.25, 0.3) is 0 Å². The fraction of sp³-hybridized carbons (Fsp3) is 1.00. The van der Waals surface area contributed by atoms with E-state index in [0.29, 0.717) is 6.10 Å². The highest BCUT2D eigenvalue weighted by atomic mass is 35.5. The molecule has 25 heavy (non-hydrogen) atoms. The van der Waals surface area contributed by atoms with Gasteiger partial charge in [-0.1, -0.05) is 104 Å². The van der Waals surface area contributed by atoms with Crippen LogP contribution in [0.15, 0.2) is 0 Å². The van der Waals surface area contributed by atoms with Crippen LogP contribution in [0.5, 0.6) is 0 Å². The molecule has 1 N–H and O–H groups in total. The van der Waals surface area contributed by atoms with Crippen LogP contribution in [0.2, 0.25) is 0 Å². The molecule has 1 rings (SSSR count). The number of halogens is 1. The molecule has 1 saturated heterocycles. The number of hydrogen-bond acceptors (Lipinski definition) is 2. The number of rotatable bonds is 16. The Morgan fingerprint density at radius 3 is 1.72 bits per heavy atom. The highest BCUT2D eigenvalue weighted by Crippen LogP contribution is 2.18. The molecule has 0 saturated carbocycles. The maximum absolute atomic E-state index is 5.85. The second-order valence-electron chi connectivity index (χ2n) is 7.98. The van der Waals surface area contributed by atoms with E-state index >= 15 is 0 Å². The average molecular weight is 376 g/mol. The molecule has 0 aliphatic carbocycles. The van der Waals surface area contributed by atoms with Crippen LogP contribution < -0.4 is 5.32 Å². The van der Waals surface area contributed by atoms with Crippen molar-refractivity contribution < 1.29 is 4.74 Å². The molecule has 2 unspecified atom stereocenters. The van der Waals surface area contributed by atoms with Gasteiger partial charge in [0.1, 0.15) is 0 Å². The van der Waals surface area contributed by atoms with Crippen molar-refractivity contribution in [2.24, 2.45) is 5.92 Å². The molecule has 1 fully saturated rings. The topological polar surface area (TPSA) is 21.3 Å². The Hall–Kier alpha value is 0.210. The Morgan fingerprint density at radius 2 is 1.28 bits per heavy atom. The van der Waals surface area contributed by atoms with E-state index in [1.165, 1.54) is 96.3 Å². The van der Waals surface area contributed by atoms with Gasteiger partial charge in [-0.15, -0.1) is 12.4 Å². The van der Waals surface area contributed by atoms with Gasteiger partial charge in [-0.05, 0) is 12.3 Å². The van der Waals surface area contributed by atoms with Gasteiger partial charge in [0.15, 0.2) is 0 Å². The lowest BCUT2D eigenvalue weighted by atomic mass is 9.96. The molecule has 3 heteroatoms. The summed E-state index contributed by atoms with van der Waals surface area (Å²) < 4.78 is 5.85. The van der Waals surface area contributed by atoms with Crippen LogP contribution in [0, 0.1) is 5.92 Å². The zero-order valence-electron chi connectivity index (χ0n) is 17.2. The largest absolute Gasteiger partial charge is 0.375 e. The molecule has 0 aromatic heterocycles. The number of unbranched alkanes of at least 4 members (excludes halogenated alkanes) is 13. The summed E-state index contributed by atoms with van der Waals surface area (Å²) in [6.07, 6.45) is 22.0. The van der Waals surface area contributed by atoms with Crippen molar-refractivity contribution in [2.45, 2.75) is 116 Å². The molecule has 0 aromatic rings. The molecule has 2 nitrogen and oxygen atoms in total. The van der Waals surface area contributed by atoms with Gasteiger partial charge in [0.05, 0.1) is 12.7 Å². The lowest BCUT2D eigenvalue weighted by molar-refractivity contribution is -0.00692. The van der Waals surface area contributed by atoms with Gasteiger partial charge in [0, 0.05) is 13.1 Å².